The molecule has 0 N–H and O–H groups in total. The minimum absolute atomic E-state index is 0.728. The van der Waals surface area contributed by atoms with Crippen LogP contribution in [0.3, 0.4) is 0 Å². The second-order valence-electron chi connectivity index (χ2n) is 6.37. The Balaban J connectivity index is 1.89. The van der Waals surface area contributed by atoms with Crippen LogP contribution in [0.5, 0.6) is 0 Å². The van der Waals surface area contributed by atoms with E-state index in [4.69, 9.17) is 16.6 Å². The first-order chi connectivity index (χ1) is 12.7. The maximum Gasteiger partial charge on any atom is 0.0715 e. The molecule has 0 spiro atoms. The van der Waals surface area contributed by atoms with E-state index >= 15 is 0 Å². The van der Waals surface area contributed by atoms with Crippen LogP contribution in [0.1, 0.15) is 5.56 Å². The van der Waals surface area contributed by atoms with E-state index in [0.29, 0.717) is 0 Å². The SMILES string of the molecule is Cc1ccc(-c2cc(-c3ccccc3)nc(-c3ccc(Cl)cc3)c2)cc1. The highest BCUT2D eigenvalue weighted by Gasteiger charge is 2.09. The minimum atomic E-state index is 0.728. The van der Waals surface area contributed by atoms with Gasteiger partial charge in [-0.15, -0.1) is 0 Å². The fraction of sp³-hybridized carbons (Fsp3) is 0.0417. The molecule has 0 radical (unpaired) electrons. The summed E-state index contributed by atoms with van der Waals surface area (Å²) < 4.78 is 0. The molecule has 1 heterocycles. The van der Waals surface area contributed by atoms with Crippen molar-refractivity contribution < 1.29 is 0 Å². The van der Waals surface area contributed by atoms with E-state index in [2.05, 4.69) is 55.5 Å². The molecule has 0 unspecified atom stereocenters. The van der Waals surface area contributed by atoms with E-state index < -0.39 is 0 Å². The molecule has 0 saturated carbocycles. The van der Waals surface area contributed by atoms with Crippen LogP contribution in [-0.4, -0.2) is 4.98 Å². The van der Waals surface area contributed by atoms with E-state index in [0.717, 1.165) is 33.1 Å². The third-order valence-corrected chi connectivity index (χ3v) is 4.67. The zero-order valence-electron chi connectivity index (χ0n) is 14.5. The van der Waals surface area contributed by atoms with Gasteiger partial charge in [-0.05, 0) is 42.3 Å². The lowest BCUT2D eigenvalue weighted by atomic mass is 9.99. The fourth-order valence-corrected chi connectivity index (χ4v) is 3.09. The summed E-state index contributed by atoms with van der Waals surface area (Å²) in [6, 6.07) is 31.0. The molecule has 0 aliphatic heterocycles. The zero-order chi connectivity index (χ0) is 17.9. The molecule has 126 valence electrons. The summed E-state index contributed by atoms with van der Waals surface area (Å²) in [5.74, 6) is 0. The smallest absolute Gasteiger partial charge is 0.0715 e. The molecular formula is C24H18ClN. The Morgan fingerprint density at radius 2 is 1.12 bits per heavy atom. The molecule has 4 rings (SSSR count). The molecule has 1 aromatic heterocycles. The van der Waals surface area contributed by atoms with Gasteiger partial charge in [0, 0.05) is 16.1 Å². The molecule has 0 atom stereocenters. The summed E-state index contributed by atoms with van der Waals surface area (Å²) in [5.41, 5.74) is 7.67. The zero-order valence-corrected chi connectivity index (χ0v) is 15.2. The van der Waals surface area contributed by atoms with Gasteiger partial charge in [-0.1, -0.05) is 83.9 Å². The Morgan fingerprint density at radius 1 is 0.577 bits per heavy atom. The van der Waals surface area contributed by atoms with E-state index in [1.54, 1.807) is 0 Å². The Bertz CT molecular complexity index is 956. The van der Waals surface area contributed by atoms with Crippen LogP contribution in [0.4, 0.5) is 0 Å². The van der Waals surface area contributed by atoms with Gasteiger partial charge in [0.2, 0.25) is 0 Å². The maximum absolute atomic E-state index is 6.05. The number of aromatic nitrogens is 1. The molecule has 26 heavy (non-hydrogen) atoms. The van der Waals surface area contributed by atoms with Crippen molar-refractivity contribution >= 4 is 11.6 Å². The van der Waals surface area contributed by atoms with Crippen molar-refractivity contribution in [1.82, 2.24) is 4.98 Å². The number of halogens is 1. The lowest BCUT2D eigenvalue weighted by molar-refractivity contribution is 1.32. The van der Waals surface area contributed by atoms with Crippen molar-refractivity contribution in [3.63, 3.8) is 0 Å². The van der Waals surface area contributed by atoms with Crippen molar-refractivity contribution in [1.29, 1.82) is 0 Å². The van der Waals surface area contributed by atoms with Gasteiger partial charge in [0.05, 0.1) is 11.4 Å². The number of hydrogen-bond acceptors (Lipinski definition) is 1. The monoisotopic (exact) mass is 355 g/mol. The molecule has 0 saturated heterocycles. The van der Waals surface area contributed by atoms with E-state index in [1.165, 1.54) is 11.1 Å². The lowest BCUT2D eigenvalue weighted by Crippen LogP contribution is -1.91. The number of benzene rings is 3. The van der Waals surface area contributed by atoms with Crippen molar-refractivity contribution in [3.05, 3.63) is 102 Å². The summed E-state index contributed by atoms with van der Waals surface area (Å²) in [6.07, 6.45) is 0. The molecule has 4 aromatic rings. The third kappa shape index (κ3) is 3.54. The normalized spacial score (nSPS) is 10.7. The average molecular weight is 356 g/mol. The summed E-state index contributed by atoms with van der Waals surface area (Å²) in [4.78, 5) is 4.90. The first-order valence-electron chi connectivity index (χ1n) is 8.59. The Labute approximate surface area is 158 Å². The topological polar surface area (TPSA) is 12.9 Å². The van der Waals surface area contributed by atoms with Gasteiger partial charge in [0.15, 0.2) is 0 Å². The molecule has 0 aliphatic carbocycles. The second kappa shape index (κ2) is 7.15. The molecule has 2 heteroatoms. The Kier molecular flexibility index (Phi) is 4.55. The van der Waals surface area contributed by atoms with Crippen LogP contribution in [0.25, 0.3) is 33.6 Å². The number of aryl methyl sites for hydroxylation is 1. The van der Waals surface area contributed by atoms with Crippen molar-refractivity contribution in [2.45, 2.75) is 6.92 Å². The van der Waals surface area contributed by atoms with Crippen LogP contribution in [0, 0.1) is 6.92 Å². The van der Waals surface area contributed by atoms with Gasteiger partial charge >= 0.3 is 0 Å². The van der Waals surface area contributed by atoms with Gasteiger partial charge in [-0.2, -0.15) is 0 Å². The van der Waals surface area contributed by atoms with E-state index in [9.17, 15) is 0 Å². The van der Waals surface area contributed by atoms with Gasteiger partial charge in [-0.25, -0.2) is 4.98 Å². The van der Waals surface area contributed by atoms with Crippen LogP contribution in [0.2, 0.25) is 5.02 Å². The molecule has 1 nitrogen and oxygen atoms in total. The Morgan fingerprint density at radius 3 is 1.73 bits per heavy atom. The number of rotatable bonds is 3. The first kappa shape index (κ1) is 16.6. The summed E-state index contributed by atoms with van der Waals surface area (Å²) >= 11 is 6.05. The van der Waals surface area contributed by atoms with Crippen molar-refractivity contribution in [2.75, 3.05) is 0 Å². The van der Waals surface area contributed by atoms with Crippen molar-refractivity contribution in [3.8, 4) is 33.6 Å². The maximum atomic E-state index is 6.05. The molecule has 0 amide bonds. The predicted octanol–water partition coefficient (Wildman–Crippen LogP) is 7.04. The van der Waals surface area contributed by atoms with Crippen molar-refractivity contribution in [2.24, 2.45) is 0 Å². The van der Waals surface area contributed by atoms with Gasteiger partial charge in [-0.3, -0.25) is 0 Å². The standard InChI is InChI=1S/C24H18ClN/c1-17-7-9-18(10-8-17)21-15-23(19-5-3-2-4-6-19)26-24(16-21)20-11-13-22(25)14-12-20/h2-16H,1H3. The number of nitrogens with zero attached hydrogens (tertiary/aromatic N) is 1. The first-order valence-corrected chi connectivity index (χ1v) is 8.97. The summed E-state index contributed by atoms with van der Waals surface area (Å²) in [5, 5.41) is 0.728. The highest BCUT2D eigenvalue weighted by Crippen LogP contribution is 2.30. The predicted molar refractivity (Wildman–Crippen MR) is 110 cm³/mol. The van der Waals surface area contributed by atoms with Gasteiger partial charge in [0.25, 0.3) is 0 Å². The third-order valence-electron chi connectivity index (χ3n) is 4.42. The summed E-state index contributed by atoms with van der Waals surface area (Å²) in [7, 11) is 0. The van der Waals surface area contributed by atoms with Crippen LogP contribution in [-0.2, 0) is 0 Å². The molecule has 0 bridgehead atoms. The second-order valence-corrected chi connectivity index (χ2v) is 6.80. The Hall–Kier alpha value is -2.90. The van der Waals surface area contributed by atoms with E-state index in [-0.39, 0.29) is 0 Å². The van der Waals surface area contributed by atoms with Crippen LogP contribution in [0.15, 0.2) is 91.0 Å². The molecule has 0 fully saturated rings. The van der Waals surface area contributed by atoms with Crippen LogP contribution < -0.4 is 0 Å². The quantitative estimate of drug-likeness (QED) is 0.384. The highest BCUT2D eigenvalue weighted by molar-refractivity contribution is 6.30. The van der Waals surface area contributed by atoms with Gasteiger partial charge < -0.3 is 0 Å². The average Bonchev–Trinajstić information content (AvgIpc) is 2.69. The molecular weight excluding hydrogens is 338 g/mol. The highest BCUT2D eigenvalue weighted by atomic mass is 35.5. The molecule has 3 aromatic carbocycles. The van der Waals surface area contributed by atoms with Gasteiger partial charge in [0.1, 0.15) is 0 Å². The van der Waals surface area contributed by atoms with E-state index in [1.807, 2.05) is 42.5 Å². The summed E-state index contributed by atoms with van der Waals surface area (Å²) in [6.45, 7) is 2.10. The largest absolute Gasteiger partial charge is 0.248 e. The minimum Gasteiger partial charge on any atom is -0.248 e. The lowest BCUT2D eigenvalue weighted by Gasteiger charge is -2.10. The number of hydrogen-bond donors (Lipinski definition) is 0. The van der Waals surface area contributed by atoms with Crippen LogP contribution >= 0.6 is 11.6 Å². The fourth-order valence-electron chi connectivity index (χ4n) is 2.97. The molecule has 0 aliphatic rings. The number of pyridine rings is 1.